The molecular formula is C84H136O48S8. The van der Waals surface area contributed by atoms with Gasteiger partial charge in [0.05, 0.1) is 54.9 Å². The molecule has 0 spiro atoms. The Balaban J connectivity index is 1.09. The lowest BCUT2D eigenvalue weighted by Crippen LogP contribution is -2.68. The molecule has 27 fully saturated rings. The minimum absolute atomic E-state index is 0.0299. The normalized spacial score (nSPS) is 39.3. The lowest BCUT2D eigenvalue weighted by Gasteiger charge is -2.50. The van der Waals surface area contributed by atoms with Gasteiger partial charge in [0.25, 0.3) is 0 Å². The van der Waals surface area contributed by atoms with E-state index in [1.165, 1.54) is 11.8 Å². The van der Waals surface area contributed by atoms with Crippen LogP contribution in [0.4, 0.5) is 0 Å². The molecule has 48 nitrogen and oxygen atoms in total. The second kappa shape index (κ2) is 61.6. The van der Waals surface area contributed by atoms with E-state index in [1.807, 2.05) is 0 Å². The molecule has 0 aromatic heterocycles. The van der Waals surface area contributed by atoms with Crippen LogP contribution in [0.15, 0.2) is 0 Å². The summed E-state index contributed by atoms with van der Waals surface area (Å²) in [6.07, 6.45) is -75.0. The van der Waals surface area contributed by atoms with Gasteiger partial charge in [0.15, 0.2) is 50.3 Å². The van der Waals surface area contributed by atoms with Gasteiger partial charge in [0.2, 0.25) is 0 Å². The average molecular weight is 2170 g/mol. The second-order valence-corrected chi connectivity index (χ2v) is 44.2. The fraction of sp³-hybridized carbons (Fsp3) is 0.905. The summed E-state index contributed by atoms with van der Waals surface area (Å²) in [4.78, 5) is 93.4. The first-order chi connectivity index (χ1) is 66.7. The third kappa shape index (κ3) is 36.9. The summed E-state index contributed by atoms with van der Waals surface area (Å²) in [6, 6.07) is 0. The molecular weight excluding hydrogens is 2030 g/mol. The Morgan fingerprint density at radius 2 is 0.350 bits per heavy atom. The van der Waals surface area contributed by atoms with Gasteiger partial charge in [0, 0.05) is 110 Å². The molecule has 40 unspecified atom stereocenters. The van der Waals surface area contributed by atoms with Crippen LogP contribution in [-0.4, -0.2) is 509 Å². The summed E-state index contributed by atoms with van der Waals surface area (Å²) < 4.78 is 102. The smallest absolute Gasteiger partial charge is 0.303 e. The van der Waals surface area contributed by atoms with Gasteiger partial charge in [0.1, 0.15) is 134 Å². The summed E-state index contributed by atoms with van der Waals surface area (Å²) in [7, 11) is 0. The average Bonchev–Trinajstić information content (AvgIpc) is 0.766. The Hall–Kier alpha value is -2.72. The molecule has 808 valence electrons. The number of rotatable bonds is 48. The number of aliphatic carboxylic acids is 8. The number of carboxylic acid groups (broad SMARTS) is 8. The number of carbonyl (C=O) groups is 8. The maximum absolute atomic E-state index is 12.5. The van der Waals surface area contributed by atoms with Gasteiger partial charge in [-0.15, -0.1) is 0 Å². The van der Waals surface area contributed by atoms with Crippen molar-refractivity contribution in [3.05, 3.63) is 0 Å². The van der Waals surface area contributed by atoms with Crippen molar-refractivity contribution in [3.63, 3.8) is 0 Å². The van der Waals surface area contributed by atoms with Crippen LogP contribution in [0.1, 0.15) is 122 Å². The summed E-state index contributed by atoms with van der Waals surface area (Å²) in [6.45, 7) is -0.240. The molecule has 0 saturated carbocycles. The highest BCUT2D eigenvalue weighted by molar-refractivity contribution is 8.00. The van der Waals surface area contributed by atoms with Crippen molar-refractivity contribution >= 4 is 142 Å². The van der Waals surface area contributed by atoms with Crippen molar-refractivity contribution in [2.75, 3.05) is 98.7 Å². The van der Waals surface area contributed by atoms with Crippen LogP contribution >= 0.6 is 94.1 Å². The van der Waals surface area contributed by atoms with E-state index in [9.17, 15) is 161 Å². The molecule has 0 aliphatic carbocycles. The number of hydrogen-bond donors (Lipinski definition) is 24. The summed E-state index contributed by atoms with van der Waals surface area (Å²) in [5.41, 5.74) is 0. The standard InChI is InChI=1S/C84H136O48S8/c85-46(86)12-3-21-133-29-38-37-11-1-2-20-117-77-63(110)55(102)70(39(119-77)30-134-22-4-13-47(87)88)127-79-65(112)57(104)72(41(121-79)32-136-24-6-15-49(91)92)129-81-67(114)59(106)74(43(123-81)34-138-26-8-17-51(95)96)131-83-69(116)61(108)76(45(125-83)36-140-28-10-19-53(99)100)132-84-68(115)60(107)75(44(124-84)35-139-27-9-18-52(97)98)130-82-66(113)58(105)73(42(122-82)33-137-25-7-16-50(93)94)128-80-64(111)56(103)71(126-78(118-38)62(109)54(37)101)40(120-80)31-135-23-5-14-48(89)90/h37-45,54-84,101-116H,1-36H2,(H,85,86)(H,87,88)(H,89,90)(H,91,92)(H,93,94)(H,95,96)(H,97,98)(H,99,100). The van der Waals surface area contributed by atoms with Gasteiger partial charge in [-0.1, -0.05) is 6.42 Å². The lowest BCUT2D eigenvalue weighted by atomic mass is 9.85. The molecule has 40 atom stereocenters. The number of aliphatic hydroxyl groups excluding tert-OH is 16. The number of thioether (sulfide) groups is 8. The zero-order valence-corrected chi connectivity index (χ0v) is 82.9. The zero-order chi connectivity index (χ0) is 102. The topological polar surface area (TPSA) is 770 Å². The van der Waals surface area contributed by atoms with Crippen LogP contribution in [0, 0.1) is 5.92 Å². The molecule has 27 rings (SSSR count). The van der Waals surface area contributed by atoms with Crippen LogP contribution in [0.25, 0.3) is 0 Å². The molecule has 24 N–H and O–H groups in total. The second-order valence-electron chi connectivity index (χ2n) is 35.0. The third-order valence-electron chi connectivity index (χ3n) is 24.3. The van der Waals surface area contributed by atoms with E-state index < -0.39 is 293 Å². The van der Waals surface area contributed by atoms with Gasteiger partial charge < -0.3 is 198 Å². The van der Waals surface area contributed by atoms with Crippen molar-refractivity contribution in [2.45, 2.75) is 362 Å². The van der Waals surface area contributed by atoms with Crippen LogP contribution < -0.4 is 0 Å². The monoisotopic (exact) mass is 2170 g/mol. The van der Waals surface area contributed by atoms with E-state index in [4.69, 9.17) is 75.8 Å². The Bertz CT molecular complexity index is 3650. The number of carboxylic acids is 8. The van der Waals surface area contributed by atoms with Gasteiger partial charge >= 0.3 is 47.8 Å². The zero-order valence-electron chi connectivity index (χ0n) is 76.3. The molecule has 27 aliphatic rings. The number of ether oxygens (including phenoxy) is 16. The fourth-order valence-electron chi connectivity index (χ4n) is 16.9. The molecule has 16 bridgehead atoms. The molecule has 27 aliphatic heterocycles. The first kappa shape index (κ1) is 121. The first-order valence-corrected chi connectivity index (χ1v) is 55.7. The minimum atomic E-state index is -2.28. The van der Waals surface area contributed by atoms with Crippen LogP contribution in [0.5, 0.6) is 0 Å². The predicted octanol–water partition coefficient (Wildman–Crippen LogP) is -3.14. The van der Waals surface area contributed by atoms with E-state index >= 15 is 0 Å². The fourth-order valence-corrected chi connectivity index (χ4v) is 25.0. The van der Waals surface area contributed by atoms with Crippen LogP contribution in [0.3, 0.4) is 0 Å². The summed E-state index contributed by atoms with van der Waals surface area (Å²) >= 11 is 8.74. The Kier molecular flexibility index (Phi) is 53.1. The summed E-state index contributed by atoms with van der Waals surface area (Å²) in [5.74, 6) is -10.4. The maximum atomic E-state index is 12.5. The molecule has 56 heteroatoms. The maximum Gasteiger partial charge on any atom is 0.303 e. The largest absolute Gasteiger partial charge is 0.481 e. The number of hydrogen-bond acceptors (Lipinski definition) is 48. The van der Waals surface area contributed by atoms with Crippen molar-refractivity contribution in [1.82, 2.24) is 0 Å². The summed E-state index contributed by atoms with van der Waals surface area (Å²) in [5, 5.41) is 273. The molecule has 27 saturated heterocycles. The van der Waals surface area contributed by atoms with E-state index in [0.717, 1.165) is 82.3 Å². The molecule has 0 aromatic carbocycles. The van der Waals surface area contributed by atoms with Gasteiger partial charge in [-0.05, 0) is 110 Å². The van der Waals surface area contributed by atoms with Crippen molar-refractivity contribution in [1.29, 1.82) is 0 Å². The lowest BCUT2D eigenvalue weighted by molar-refractivity contribution is -0.391. The van der Waals surface area contributed by atoms with Crippen LogP contribution in [-0.2, 0) is 114 Å². The molecule has 27 heterocycles. The molecule has 0 aromatic rings. The first-order valence-electron chi connectivity index (χ1n) is 46.4. The Morgan fingerprint density at radius 3 is 0.536 bits per heavy atom. The highest BCUT2D eigenvalue weighted by Crippen LogP contribution is 2.44. The van der Waals surface area contributed by atoms with Crippen molar-refractivity contribution in [2.24, 2.45) is 5.92 Å². The number of aliphatic hydroxyl groups is 16. The van der Waals surface area contributed by atoms with Crippen LogP contribution in [0.2, 0.25) is 0 Å². The minimum Gasteiger partial charge on any atom is -0.481 e. The van der Waals surface area contributed by atoms with Gasteiger partial charge in [-0.3, -0.25) is 38.4 Å². The van der Waals surface area contributed by atoms with E-state index in [0.29, 0.717) is 0 Å². The predicted molar refractivity (Wildman–Crippen MR) is 496 cm³/mol. The van der Waals surface area contributed by atoms with Gasteiger partial charge in [-0.2, -0.15) is 94.1 Å². The third-order valence-corrected chi connectivity index (χ3v) is 33.4. The van der Waals surface area contributed by atoms with Gasteiger partial charge in [-0.25, -0.2) is 0 Å². The highest BCUT2D eigenvalue weighted by Gasteiger charge is 2.60. The SMILES string of the molecule is O=C(O)CCCSCC1OC2OC3C(CSCCCC(=O)O)OC(OC4C(CSCCCC(=O)O)OC(OC5C(CSCCCC(=O)O)OC(OC6C(CSCCCC(=O)O)OC(OC7C(CSCCCC(=O)O)OC(OC8C(CSCCCC(=O)O)OC(OC9C(CSCCCC(=O)O)OC(OCCCCC1C(O)C2O)C(O)C9O)C(O)C8O)C(O)C7O)C(O)C6O)C(O)C5O)C(O)C4O)C(O)C3O. The molecule has 140 heavy (non-hydrogen) atoms. The quantitative estimate of drug-likeness (QED) is 0.0268. The molecule has 0 radical (unpaired) electrons. The van der Waals surface area contributed by atoms with Crippen molar-refractivity contribution in [3.8, 4) is 0 Å². The Morgan fingerprint density at radius 1 is 0.193 bits per heavy atom. The highest BCUT2D eigenvalue weighted by atomic mass is 32.2. The van der Waals surface area contributed by atoms with E-state index in [2.05, 4.69) is 0 Å². The van der Waals surface area contributed by atoms with E-state index in [1.54, 1.807) is 0 Å². The molecule has 0 amide bonds. The van der Waals surface area contributed by atoms with Crippen molar-refractivity contribution < 1.29 is 237 Å². The van der Waals surface area contributed by atoms with E-state index in [-0.39, 0.29) is 221 Å². The Labute approximate surface area is 839 Å².